The van der Waals surface area contributed by atoms with Gasteiger partial charge in [0.05, 0.1) is 6.54 Å². The molecule has 0 unspecified atom stereocenters. The van der Waals surface area contributed by atoms with E-state index < -0.39 is 18.0 Å². The first-order chi connectivity index (χ1) is 13.5. The number of carbonyl (C=O) groups excluding carboxylic acids is 1. The molecule has 0 aromatic heterocycles. The average Bonchev–Trinajstić information content (AvgIpc) is 2.73. The van der Waals surface area contributed by atoms with Crippen LogP contribution in [0.1, 0.15) is 36.0 Å². The van der Waals surface area contributed by atoms with E-state index in [2.05, 4.69) is 20.9 Å². The summed E-state index contributed by atoms with van der Waals surface area (Å²) in [6.07, 6.45) is 2.72. The number of aliphatic carboxylic acids is 1. The number of aliphatic hydroxyl groups is 1. The largest absolute Gasteiger partial charge is 0.479 e. The molecule has 28 heavy (non-hydrogen) atoms. The molecule has 9 heteroatoms. The Labute approximate surface area is 163 Å². The Kier molecular flexibility index (Phi) is 6.70. The fraction of sp³-hybridized carbons (Fsp3) is 0.526. The summed E-state index contributed by atoms with van der Waals surface area (Å²) < 4.78 is 0. The second-order valence-electron chi connectivity index (χ2n) is 6.97. The van der Waals surface area contributed by atoms with E-state index in [1.54, 1.807) is 12.1 Å². The van der Waals surface area contributed by atoms with Gasteiger partial charge in [0.25, 0.3) is 5.91 Å². The molecule has 2 atom stereocenters. The van der Waals surface area contributed by atoms with Crippen LogP contribution in [-0.2, 0) is 4.79 Å². The SMILES string of the molecule is O=C(NC[C@H](O)C(=O)O)c1ccc(N2CCCC[C@H]2N=C2NCCCN2)cc1. The van der Waals surface area contributed by atoms with Gasteiger partial charge in [-0.25, -0.2) is 9.79 Å². The van der Waals surface area contributed by atoms with Crippen LogP contribution in [0.5, 0.6) is 0 Å². The molecule has 0 saturated carbocycles. The smallest absolute Gasteiger partial charge is 0.334 e. The Morgan fingerprint density at radius 1 is 1.18 bits per heavy atom. The molecule has 0 spiro atoms. The van der Waals surface area contributed by atoms with Crippen LogP contribution in [0.2, 0.25) is 0 Å². The molecule has 0 radical (unpaired) electrons. The summed E-state index contributed by atoms with van der Waals surface area (Å²) in [4.78, 5) is 29.8. The first-order valence-corrected chi connectivity index (χ1v) is 9.66. The number of carboxylic acid groups (broad SMARTS) is 1. The Hall–Kier alpha value is -2.81. The van der Waals surface area contributed by atoms with Gasteiger partial charge in [-0.3, -0.25) is 4.79 Å². The number of carbonyl (C=O) groups is 2. The van der Waals surface area contributed by atoms with Crippen molar-refractivity contribution in [2.75, 3.05) is 31.1 Å². The van der Waals surface area contributed by atoms with Crippen molar-refractivity contribution < 1.29 is 19.8 Å². The zero-order valence-corrected chi connectivity index (χ0v) is 15.7. The van der Waals surface area contributed by atoms with Gasteiger partial charge in [-0.05, 0) is 49.9 Å². The van der Waals surface area contributed by atoms with Gasteiger partial charge in [-0.1, -0.05) is 0 Å². The van der Waals surface area contributed by atoms with E-state index >= 15 is 0 Å². The maximum Gasteiger partial charge on any atom is 0.334 e. The number of guanidine groups is 1. The molecule has 152 valence electrons. The summed E-state index contributed by atoms with van der Waals surface area (Å²) in [6, 6.07) is 7.16. The molecule has 2 heterocycles. The summed E-state index contributed by atoms with van der Waals surface area (Å²) >= 11 is 0. The molecule has 1 aromatic rings. The number of hydrogen-bond donors (Lipinski definition) is 5. The van der Waals surface area contributed by atoms with Gasteiger partial charge in [-0.2, -0.15) is 0 Å². The molecule has 3 rings (SSSR count). The highest BCUT2D eigenvalue weighted by Crippen LogP contribution is 2.26. The number of hydrogen-bond acceptors (Lipinski definition) is 5. The third kappa shape index (κ3) is 5.13. The number of aliphatic hydroxyl groups excluding tert-OH is 1. The van der Waals surface area contributed by atoms with E-state index in [4.69, 9.17) is 10.1 Å². The van der Waals surface area contributed by atoms with E-state index in [0.29, 0.717) is 5.56 Å². The summed E-state index contributed by atoms with van der Waals surface area (Å²) in [5, 5.41) is 26.9. The molecule has 2 saturated heterocycles. The fourth-order valence-corrected chi connectivity index (χ4v) is 3.34. The molecule has 2 aliphatic heterocycles. The minimum atomic E-state index is -1.61. The fourth-order valence-electron chi connectivity index (χ4n) is 3.34. The van der Waals surface area contributed by atoms with Crippen molar-refractivity contribution in [2.45, 2.75) is 38.0 Å². The molecular formula is C19H27N5O4. The van der Waals surface area contributed by atoms with Crippen LogP contribution >= 0.6 is 0 Å². The van der Waals surface area contributed by atoms with Crippen molar-refractivity contribution in [1.29, 1.82) is 0 Å². The van der Waals surface area contributed by atoms with E-state index in [9.17, 15) is 14.7 Å². The molecular weight excluding hydrogens is 362 g/mol. The summed E-state index contributed by atoms with van der Waals surface area (Å²) in [5.74, 6) is -0.940. The highest BCUT2D eigenvalue weighted by atomic mass is 16.4. The number of aliphatic imine (C=N–C) groups is 1. The van der Waals surface area contributed by atoms with E-state index in [-0.39, 0.29) is 12.7 Å². The number of amides is 1. The van der Waals surface area contributed by atoms with Crippen molar-refractivity contribution in [3.8, 4) is 0 Å². The molecule has 1 aromatic carbocycles. The molecule has 2 fully saturated rings. The van der Waals surface area contributed by atoms with Crippen LogP contribution in [0.15, 0.2) is 29.3 Å². The lowest BCUT2D eigenvalue weighted by Crippen LogP contribution is -2.47. The standard InChI is InChI=1S/C19H27N5O4/c25-15(18(27)28)12-22-17(26)13-5-7-14(8-6-13)24-11-2-1-4-16(24)23-19-20-9-3-10-21-19/h5-8,15-16,25H,1-4,9-12H2,(H,22,26)(H,27,28)(H2,20,21,23)/t15-,16-/m0/s1. The third-order valence-corrected chi connectivity index (χ3v) is 4.89. The number of nitrogens with one attached hydrogen (secondary N) is 3. The number of benzene rings is 1. The second-order valence-corrected chi connectivity index (χ2v) is 6.97. The lowest BCUT2D eigenvalue weighted by molar-refractivity contribution is -0.146. The quantitative estimate of drug-likeness (QED) is 0.468. The zero-order valence-electron chi connectivity index (χ0n) is 15.7. The van der Waals surface area contributed by atoms with Crippen LogP contribution < -0.4 is 20.9 Å². The Morgan fingerprint density at radius 3 is 2.57 bits per heavy atom. The predicted molar refractivity (Wildman–Crippen MR) is 105 cm³/mol. The van der Waals surface area contributed by atoms with Gasteiger partial charge in [0.1, 0.15) is 6.17 Å². The highest BCUT2D eigenvalue weighted by molar-refractivity contribution is 5.94. The molecule has 1 amide bonds. The van der Waals surface area contributed by atoms with Gasteiger partial charge in [0, 0.05) is 30.9 Å². The van der Waals surface area contributed by atoms with E-state index in [0.717, 1.165) is 57.0 Å². The lowest BCUT2D eigenvalue weighted by atomic mass is 10.1. The monoisotopic (exact) mass is 389 g/mol. The molecule has 0 bridgehead atoms. The summed E-state index contributed by atoms with van der Waals surface area (Å²) in [6.45, 7) is 2.43. The minimum absolute atomic E-state index is 0.0484. The van der Waals surface area contributed by atoms with Crippen LogP contribution in [0.3, 0.4) is 0 Å². The van der Waals surface area contributed by atoms with Crippen molar-refractivity contribution >= 4 is 23.5 Å². The van der Waals surface area contributed by atoms with Gasteiger partial charge in [0.15, 0.2) is 12.1 Å². The molecule has 0 aliphatic carbocycles. The number of anilines is 1. The van der Waals surface area contributed by atoms with Gasteiger partial charge in [0.2, 0.25) is 0 Å². The van der Waals surface area contributed by atoms with Crippen LogP contribution in [0.25, 0.3) is 0 Å². The number of piperidine rings is 1. The van der Waals surface area contributed by atoms with Crippen LogP contribution in [0.4, 0.5) is 5.69 Å². The van der Waals surface area contributed by atoms with Gasteiger partial charge < -0.3 is 31.1 Å². The maximum absolute atomic E-state index is 12.1. The predicted octanol–water partition coefficient (Wildman–Crippen LogP) is 0.117. The molecule has 9 nitrogen and oxygen atoms in total. The van der Waals surface area contributed by atoms with Crippen molar-refractivity contribution in [1.82, 2.24) is 16.0 Å². The number of nitrogens with zero attached hydrogens (tertiary/aromatic N) is 2. The zero-order chi connectivity index (χ0) is 19.9. The van der Waals surface area contributed by atoms with Crippen molar-refractivity contribution in [3.63, 3.8) is 0 Å². The molecule has 2 aliphatic rings. The Bertz CT molecular complexity index is 714. The van der Waals surface area contributed by atoms with Crippen molar-refractivity contribution in [2.24, 2.45) is 4.99 Å². The number of rotatable bonds is 6. The molecule has 5 N–H and O–H groups in total. The van der Waals surface area contributed by atoms with Gasteiger partial charge >= 0.3 is 5.97 Å². The first-order valence-electron chi connectivity index (χ1n) is 9.66. The van der Waals surface area contributed by atoms with Crippen molar-refractivity contribution in [3.05, 3.63) is 29.8 Å². The Morgan fingerprint density at radius 2 is 1.89 bits per heavy atom. The normalized spacial score (nSPS) is 20.5. The van der Waals surface area contributed by atoms with Gasteiger partial charge in [-0.15, -0.1) is 0 Å². The first kappa shape index (κ1) is 19.9. The Balaban J connectivity index is 1.65. The minimum Gasteiger partial charge on any atom is -0.479 e. The van der Waals surface area contributed by atoms with Crippen LogP contribution in [0, 0.1) is 0 Å². The summed E-state index contributed by atoms with van der Waals surface area (Å²) in [5.41, 5.74) is 1.41. The van der Waals surface area contributed by atoms with E-state index in [1.165, 1.54) is 0 Å². The second kappa shape index (κ2) is 9.41. The highest BCUT2D eigenvalue weighted by Gasteiger charge is 2.23. The topological polar surface area (TPSA) is 126 Å². The number of carboxylic acids is 1. The summed E-state index contributed by atoms with van der Waals surface area (Å²) in [7, 11) is 0. The van der Waals surface area contributed by atoms with E-state index in [1.807, 2.05) is 12.1 Å². The third-order valence-electron chi connectivity index (χ3n) is 4.89. The average molecular weight is 389 g/mol. The lowest BCUT2D eigenvalue weighted by Gasteiger charge is -2.36. The maximum atomic E-state index is 12.1. The van der Waals surface area contributed by atoms with Crippen LogP contribution in [-0.4, -0.2) is 66.5 Å².